The van der Waals surface area contributed by atoms with Crippen LogP contribution in [-0.4, -0.2) is 6.04 Å². The van der Waals surface area contributed by atoms with E-state index in [2.05, 4.69) is 83.6 Å². The average Bonchev–Trinajstić information content (AvgIpc) is 2.43. The summed E-state index contributed by atoms with van der Waals surface area (Å²) >= 11 is 3.64. The molecule has 19 heavy (non-hydrogen) atoms. The lowest BCUT2D eigenvalue weighted by Crippen LogP contribution is -2.16. The molecule has 0 radical (unpaired) electrons. The first kappa shape index (κ1) is 14.1. The van der Waals surface area contributed by atoms with Crippen molar-refractivity contribution in [1.29, 1.82) is 0 Å². The summed E-state index contributed by atoms with van der Waals surface area (Å²) in [6, 6.07) is 17.4. The lowest BCUT2D eigenvalue weighted by Gasteiger charge is -2.17. The van der Waals surface area contributed by atoms with Crippen molar-refractivity contribution in [2.45, 2.75) is 32.7 Å². The van der Waals surface area contributed by atoms with Crippen LogP contribution in [0.25, 0.3) is 0 Å². The van der Waals surface area contributed by atoms with E-state index in [1.54, 1.807) is 0 Å². The van der Waals surface area contributed by atoms with Crippen molar-refractivity contribution >= 4 is 21.6 Å². The van der Waals surface area contributed by atoms with Crippen molar-refractivity contribution in [2.75, 3.05) is 5.32 Å². The molecule has 0 aromatic heterocycles. The van der Waals surface area contributed by atoms with Crippen LogP contribution in [0.4, 0.5) is 5.69 Å². The van der Waals surface area contributed by atoms with E-state index in [1.807, 2.05) is 0 Å². The van der Waals surface area contributed by atoms with E-state index >= 15 is 0 Å². The van der Waals surface area contributed by atoms with Crippen LogP contribution in [0.2, 0.25) is 0 Å². The molecule has 1 unspecified atom stereocenters. The Labute approximate surface area is 124 Å². The molecule has 2 heteroatoms. The van der Waals surface area contributed by atoms with E-state index in [-0.39, 0.29) is 0 Å². The molecule has 0 aliphatic heterocycles. The van der Waals surface area contributed by atoms with Gasteiger partial charge in [0.25, 0.3) is 0 Å². The minimum atomic E-state index is 0.457. The van der Waals surface area contributed by atoms with Gasteiger partial charge in [0.15, 0.2) is 0 Å². The second kappa shape index (κ2) is 6.76. The SMILES string of the molecule is Cc1cccc(NC(C)CCc2ccccc2)c1Br. The van der Waals surface area contributed by atoms with Gasteiger partial charge in [-0.3, -0.25) is 0 Å². The Kier molecular flexibility index (Phi) is 5.03. The first-order valence-corrected chi connectivity index (χ1v) is 7.51. The topological polar surface area (TPSA) is 12.0 Å². The molecule has 1 N–H and O–H groups in total. The van der Waals surface area contributed by atoms with Crippen LogP contribution >= 0.6 is 15.9 Å². The molecule has 0 amide bonds. The monoisotopic (exact) mass is 317 g/mol. The zero-order valence-electron chi connectivity index (χ0n) is 11.5. The van der Waals surface area contributed by atoms with Crippen LogP contribution < -0.4 is 5.32 Å². The molecular formula is C17H20BrN. The van der Waals surface area contributed by atoms with Crippen molar-refractivity contribution in [2.24, 2.45) is 0 Å². The largest absolute Gasteiger partial charge is 0.382 e. The van der Waals surface area contributed by atoms with Crippen LogP contribution in [0.5, 0.6) is 0 Å². The number of benzene rings is 2. The highest BCUT2D eigenvalue weighted by atomic mass is 79.9. The van der Waals surface area contributed by atoms with Crippen molar-refractivity contribution in [3.05, 3.63) is 64.1 Å². The summed E-state index contributed by atoms with van der Waals surface area (Å²) in [5, 5.41) is 3.57. The number of aryl methyl sites for hydroxylation is 2. The van der Waals surface area contributed by atoms with E-state index in [0.717, 1.165) is 12.8 Å². The Morgan fingerprint density at radius 2 is 1.79 bits per heavy atom. The van der Waals surface area contributed by atoms with E-state index in [4.69, 9.17) is 0 Å². The van der Waals surface area contributed by atoms with Crippen molar-refractivity contribution in [3.8, 4) is 0 Å². The van der Waals surface area contributed by atoms with Crippen LogP contribution in [-0.2, 0) is 6.42 Å². The highest BCUT2D eigenvalue weighted by Crippen LogP contribution is 2.26. The fourth-order valence-corrected chi connectivity index (χ4v) is 2.50. The Morgan fingerprint density at radius 1 is 1.05 bits per heavy atom. The molecule has 0 fully saturated rings. The Hall–Kier alpha value is -1.28. The molecule has 0 heterocycles. The zero-order valence-corrected chi connectivity index (χ0v) is 13.1. The predicted octanol–water partition coefficient (Wildman–Crippen LogP) is 5.19. The van der Waals surface area contributed by atoms with E-state index in [9.17, 15) is 0 Å². The molecule has 1 atom stereocenters. The van der Waals surface area contributed by atoms with Gasteiger partial charge in [0.05, 0.1) is 0 Å². The summed E-state index contributed by atoms with van der Waals surface area (Å²) < 4.78 is 1.17. The molecule has 2 aromatic rings. The first-order chi connectivity index (χ1) is 9.16. The number of hydrogen-bond acceptors (Lipinski definition) is 1. The standard InChI is InChI=1S/C17H20BrN/c1-13-7-6-10-16(17(13)18)19-14(2)11-12-15-8-4-3-5-9-15/h3-10,14,19H,11-12H2,1-2H3. The number of hydrogen-bond donors (Lipinski definition) is 1. The van der Waals surface area contributed by atoms with Gasteiger partial charge in [0.2, 0.25) is 0 Å². The number of nitrogens with one attached hydrogen (secondary N) is 1. The van der Waals surface area contributed by atoms with Crippen LogP contribution in [0, 0.1) is 6.92 Å². The third-order valence-electron chi connectivity index (χ3n) is 3.30. The Morgan fingerprint density at radius 3 is 2.53 bits per heavy atom. The molecule has 0 saturated carbocycles. The number of halogens is 1. The fourth-order valence-electron chi connectivity index (χ4n) is 2.12. The summed E-state index contributed by atoms with van der Waals surface area (Å²) in [6.45, 7) is 4.35. The van der Waals surface area contributed by atoms with Crippen molar-refractivity contribution in [3.63, 3.8) is 0 Å². The molecule has 100 valence electrons. The molecular weight excluding hydrogens is 298 g/mol. The molecule has 1 nitrogen and oxygen atoms in total. The maximum absolute atomic E-state index is 3.64. The fraction of sp³-hybridized carbons (Fsp3) is 0.294. The first-order valence-electron chi connectivity index (χ1n) is 6.72. The molecule has 0 bridgehead atoms. The van der Waals surface area contributed by atoms with Gasteiger partial charge in [-0.25, -0.2) is 0 Å². The second-order valence-corrected chi connectivity index (χ2v) is 5.80. The van der Waals surface area contributed by atoms with Crippen LogP contribution in [0.3, 0.4) is 0 Å². The Balaban J connectivity index is 1.91. The third-order valence-corrected chi connectivity index (χ3v) is 4.36. The minimum Gasteiger partial charge on any atom is -0.382 e. The highest BCUT2D eigenvalue weighted by Gasteiger charge is 2.06. The molecule has 0 spiro atoms. The second-order valence-electron chi connectivity index (χ2n) is 5.01. The maximum Gasteiger partial charge on any atom is 0.0489 e. The number of anilines is 1. The summed E-state index contributed by atoms with van der Waals surface area (Å²) in [5.41, 5.74) is 3.85. The highest BCUT2D eigenvalue weighted by molar-refractivity contribution is 9.10. The van der Waals surface area contributed by atoms with Crippen LogP contribution in [0.1, 0.15) is 24.5 Å². The molecule has 0 aliphatic carbocycles. The molecule has 0 saturated heterocycles. The van der Waals surface area contributed by atoms with Gasteiger partial charge in [-0.1, -0.05) is 42.5 Å². The quantitative estimate of drug-likeness (QED) is 0.800. The summed E-state index contributed by atoms with van der Waals surface area (Å²) in [5.74, 6) is 0. The Bertz CT molecular complexity index is 522. The minimum absolute atomic E-state index is 0.457. The van der Waals surface area contributed by atoms with Crippen molar-refractivity contribution in [1.82, 2.24) is 0 Å². The number of rotatable bonds is 5. The molecule has 2 rings (SSSR count). The lowest BCUT2D eigenvalue weighted by atomic mass is 10.1. The van der Waals surface area contributed by atoms with Gasteiger partial charge in [-0.15, -0.1) is 0 Å². The van der Waals surface area contributed by atoms with Gasteiger partial charge in [0, 0.05) is 16.2 Å². The normalized spacial score (nSPS) is 12.2. The molecule has 2 aromatic carbocycles. The summed E-state index contributed by atoms with van der Waals surface area (Å²) in [6.07, 6.45) is 2.24. The van der Waals surface area contributed by atoms with Gasteiger partial charge in [0.1, 0.15) is 0 Å². The maximum atomic E-state index is 3.64. The van der Waals surface area contributed by atoms with E-state index in [1.165, 1.54) is 21.3 Å². The van der Waals surface area contributed by atoms with E-state index in [0.29, 0.717) is 6.04 Å². The zero-order chi connectivity index (χ0) is 13.7. The van der Waals surface area contributed by atoms with Gasteiger partial charge < -0.3 is 5.32 Å². The summed E-state index contributed by atoms with van der Waals surface area (Å²) in [4.78, 5) is 0. The van der Waals surface area contributed by atoms with E-state index < -0.39 is 0 Å². The lowest BCUT2D eigenvalue weighted by molar-refractivity contribution is 0.706. The van der Waals surface area contributed by atoms with Crippen molar-refractivity contribution < 1.29 is 0 Å². The van der Waals surface area contributed by atoms with Gasteiger partial charge in [-0.05, 0) is 59.8 Å². The van der Waals surface area contributed by atoms with Gasteiger partial charge in [-0.2, -0.15) is 0 Å². The third kappa shape index (κ3) is 4.10. The average molecular weight is 318 g/mol. The van der Waals surface area contributed by atoms with Crippen LogP contribution in [0.15, 0.2) is 53.0 Å². The summed E-state index contributed by atoms with van der Waals surface area (Å²) in [7, 11) is 0. The predicted molar refractivity (Wildman–Crippen MR) is 86.7 cm³/mol. The van der Waals surface area contributed by atoms with Gasteiger partial charge >= 0.3 is 0 Å². The smallest absolute Gasteiger partial charge is 0.0489 e. The molecule has 0 aliphatic rings.